The van der Waals surface area contributed by atoms with Gasteiger partial charge in [0.1, 0.15) is 6.61 Å². The Morgan fingerprint density at radius 3 is 2.33 bits per heavy atom. The molecule has 0 N–H and O–H groups in total. The van der Waals surface area contributed by atoms with E-state index in [0.29, 0.717) is 42.8 Å². The fraction of sp³-hybridized carbons (Fsp3) is 0.667. The van der Waals surface area contributed by atoms with Gasteiger partial charge in [0, 0.05) is 6.08 Å². The summed E-state index contributed by atoms with van der Waals surface area (Å²) in [4.78, 5) is 26.4. The van der Waals surface area contributed by atoms with E-state index in [1.54, 1.807) is 6.08 Å². The van der Waals surface area contributed by atoms with Crippen molar-refractivity contribution in [3.8, 4) is 0 Å². The van der Waals surface area contributed by atoms with Gasteiger partial charge in [-0.25, -0.2) is 4.79 Å². The maximum Gasteiger partial charge on any atom is 0.330 e. The zero-order valence-corrected chi connectivity index (χ0v) is 29.6. The SMILES string of the molecule is C=C(C)[C@@H]1CC[C@]2(C(=O)OCc3ccccc3)CC[C@]3(C)[C@H](CCC4[C@@]5(C)CC=C(/C=C/C(=O)OCC)C(C)(C)[C@@H]5CC[C@]43C)[C@@H]12. The summed E-state index contributed by atoms with van der Waals surface area (Å²) in [6.45, 7) is 22.0. The van der Waals surface area contributed by atoms with Gasteiger partial charge < -0.3 is 9.47 Å². The maximum absolute atomic E-state index is 14.3. The van der Waals surface area contributed by atoms with Crippen LogP contribution in [0.15, 0.2) is 66.3 Å². The first kappa shape index (κ1) is 33.3. The summed E-state index contributed by atoms with van der Waals surface area (Å²) >= 11 is 0. The van der Waals surface area contributed by atoms with Crippen LogP contribution < -0.4 is 0 Å². The summed E-state index contributed by atoms with van der Waals surface area (Å²) in [6, 6.07) is 10.1. The van der Waals surface area contributed by atoms with E-state index in [1.165, 1.54) is 36.8 Å². The Balaban J connectivity index is 1.30. The number of esters is 2. The molecule has 46 heavy (non-hydrogen) atoms. The Bertz CT molecular complexity index is 1420. The second-order valence-corrected chi connectivity index (χ2v) is 17.1. The molecule has 0 aromatic heterocycles. The van der Waals surface area contributed by atoms with Gasteiger partial charge in [0.15, 0.2) is 0 Å². The largest absolute Gasteiger partial charge is 0.463 e. The molecular formula is C42H58O4. The van der Waals surface area contributed by atoms with Crippen LogP contribution >= 0.6 is 0 Å². The number of fused-ring (bicyclic) bond motifs is 7. The average molecular weight is 627 g/mol. The van der Waals surface area contributed by atoms with Crippen LogP contribution in [0.4, 0.5) is 0 Å². The van der Waals surface area contributed by atoms with Gasteiger partial charge in [-0.3, -0.25) is 4.79 Å². The van der Waals surface area contributed by atoms with Crippen molar-refractivity contribution in [2.24, 2.45) is 56.7 Å². The van der Waals surface area contributed by atoms with E-state index in [1.807, 2.05) is 43.3 Å². The third-order valence-corrected chi connectivity index (χ3v) is 15.0. The van der Waals surface area contributed by atoms with E-state index in [9.17, 15) is 9.59 Å². The minimum absolute atomic E-state index is 0.0180. The summed E-state index contributed by atoms with van der Waals surface area (Å²) in [5.41, 5.74) is 3.72. The first-order valence-electron chi connectivity index (χ1n) is 18.2. The molecule has 1 aromatic carbocycles. The standard InChI is InChI=1S/C42H58O4/c1-9-45-35(43)18-15-30-19-22-39(6)33(38(30,4)5)21-23-41(8)34(39)17-16-32-36-31(28(2)3)20-24-42(36,26-25-40(32,41)7)37(44)46-27-29-13-11-10-12-14-29/h10-15,18-19,31-34,36H,2,9,16-17,20-27H2,1,3-8H3/b18-15+/t31-,32+,33-,34?,36+,39-,40+,41+,42-/m0/s1. The molecule has 9 atom stereocenters. The normalized spacial score (nSPS) is 40.9. The van der Waals surface area contributed by atoms with Gasteiger partial charge in [-0.05, 0) is 134 Å². The molecule has 0 radical (unpaired) electrons. The highest BCUT2D eigenvalue weighted by atomic mass is 16.5. The number of carbonyl (C=O) groups excluding carboxylic acids is 2. The zero-order valence-electron chi connectivity index (χ0n) is 29.6. The molecule has 4 nitrogen and oxygen atoms in total. The fourth-order valence-corrected chi connectivity index (χ4v) is 12.6. The number of hydrogen-bond donors (Lipinski definition) is 0. The van der Waals surface area contributed by atoms with Crippen molar-refractivity contribution in [1.82, 2.24) is 0 Å². The van der Waals surface area contributed by atoms with Crippen LogP contribution in [0.5, 0.6) is 0 Å². The summed E-state index contributed by atoms with van der Waals surface area (Å²) < 4.78 is 11.4. The van der Waals surface area contributed by atoms with Crippen molar-refractivity contribution < 1.29 is 19.1 Å². The van der Waals surface area contributed by atoms with Crippen LogP contribution in [-0.4, -0.2) is 18.5 Å². The Kier molecular flexibility index (Phi) is 8.55. The Morgan fingerprint density at radius 2 is 1.63 bits per heavy atom. The molecule has 5 aliphatic rings. The van der Waals surface area contributed by atoms with Gasteiger partial charge in [0.2, 0.25) is 0 Å². The summed E-state index contributed by atoms with van der Waals surface area (Å²) in [5, 5.41) is 0. The van der Waals surface area contributed by atoms with Gasteiger partial charge in [-0.1, -0.05) is 89.3 Å². The Morgan fingerprint density at radius 1 is 0.891 bits per heavy atom. The van der Waals surface area contributed by atoms with Crippen molar-refractivity contribution in [2.45, 2.75) is 113 Å². The summed E-state index contributed by atoms with van der Waals surface area (Å²) in [7, 11) is 0. The molecule has 0 saturated heterocycles. The molecule has 4 fully saturated rings. The number of rotatable bonds is 7. The van der Waals surface area contributed by atoms with E-state index in [-0.39, 0.29) is 33.6 Å². The lowest BCUT2D eigenvalue weighted by atomic mass is 9.32. The molecule has 0 bridgehead atoms. The Hall–Kier alpha value is -2.62. The van der Waals surface area contributed by atoms with Crippen LogP contribution in [0.3, 0.4) is 0 Å². The lowest BCUT2D eigenvalue weighted by molar-refractivity contribution is -0.230. The molecule has 0 amide bonds. The second kappa shape index (κ2) is 11.8. The van der Waals surface area contributed by atoms with Crippen molar-refractivity contribution in [1.29, 1.82) is 0 Å². The van der Waals surface area contributed by atoms with Gasteiger partial charge in [-0.15, -0.1) is 0 Å². The van der Waals surface area contributed by atoms with Crippen molar-refractivity contribution >= 4 is 11.9 Å². The van der Waals surface area contributed by atoms with Crippen LogP contribution in [0.25, 0.3) is 0 Å². The van der Waals surface area contributed by atoms with E-state index in [4.69, 9.17) is 9.47 Å². The minimum Gasteiger partial charge on any atom is -0.463 e. The molecule has 250 valence electrons. The molecule has 1 unspecified atom stereocenters. The van der Waals surface area contributed by atoms with Gasteiger partial charge in [0.05, 0.1) is 12.0 Å². The summed E-state index contributed by atoms with van der Waals surface area (Å²) in [5.74, 6) is 2.13. The predicted molar refractivity (Wildman–Crippen MR) is 184 cm³/mol. The number of allylic oxidation sites excluding steroid dienone is 4. The third kappa shape index (κ3) is 4.90. The molecule has 6 rings (SSSR count). The molecule has 5 aliphatic carbocycles. The van der Waals surface area contributed by atoms with Crippen LogP contribution in [0.1, 0.15) is 112 Å². The topological polar surface area (TPSA) is 52.6 Å². The fourth-order valence-electron chi connectivity index (χ4n) is 12.6. The van der Waals surface area contributed by atoms with Crippen LogP contribution in [0, 0.1) is 56.7 Å². The highest BCUT2D eigenvalue weighted by Gasteiger charge is 2.71. The maximum atomic E-state index is 14.3. The molecule has 4 heteroatoms. The second-order valence-electron chi connectivity index (χ2n) is 17.1. The third-order valence-electron chi connectivity index (χ3n) is 15.0. The Labute approximate surface area is 278 Å². The van der Waals surface area contributed by atoms with Crippen molar-refractivity contribution in [3.05, 3.63) is 71.8 Å². The first-order valence-corrected chi connectivity index (χ1v) is 18.2. The van der Waals surface area contributed by atoms with Gasteiger partial charge in [0.25, 0.3) is 0 Å². The monoisotopic (exact) mass is 626 g/mol. The van der Waals surface area contributed by atoms with Gasteiger partial charge in [-0.2, -0.15) is 0 Å². The smallest absolute Gasteiger partial charge is 0.330 e. The highest BCUT2D eigenvalue weighted by Crippen LogP contribution is 2.77. The molecular weight excluding hydrogens is 568 g/mol. The van der Waals surface area contributed by atoms with E-state index in [0.717, 1.165) is 37.7 Å². The first-order chi connectivity index (χ1) is 21.7. The summed E-state index contributed by atoms with van der Waals surface area (Å²) in [6.07, 6.45) is 16.0. The van der Waals surface area contributed by atoms with Crippen LogP contribution in [0.2, 0.25) is 0 Å². The molecule has 4 saturated carbocycles. The van der Waals surface area contributed by atoms with E-state index < -0.39 is 5.41 Å². The highest BCUT2D eigenvalue weighted by molar-refractivity contribution is 5.82. The average Bonchev–Trinajstić information content (AvgIpc) is 3.42. The van der Waals surface area contributed by atoms with E-state index >= 15 is 0 Å². The van der Waals surface area contributed by atoms with Crippen molar-refractivity contribution in [2.75, 3.05) is 6.61 Å². The molecule has 1 aromatic rings. The molecule has 0 heterocycles. The lowest BCUT2D eigenvalue weighted by Gasteiger charge is -2.72. The number of carbonyl (C=O) groups is 2. The number of ether oxygens (including phenoxy) is 2. The zero-order chi connectivity index (χ0) is 33.1. The quantitative estimate of drug-likeness (QED) is 0.172. The number of hydrogen-bond acceptors (Lipinski definition) is 4. The lowest BCUT2D eigenvalue weighted by Crippen LogP contribution is -2.66. The van der Waals surface area contributed by atoms with E-state index in [2.05, 4.69) is 54.2 Å². The molecule has 0 aliphatic heterocycles. The molecule has 0 spiro atoms. The number of benzene rings is 1. The van der Waals surface area contributed by atoms with Gasteiger partial charge >= 0.3 is 11.9 Å². The van der Waals surface area contributed by atoms with Crippen LogP contribution in [-0.2, 0) is 25.7 Å². The predicted octanol–water partition coefficient (Wildman–Crippen LogP) is 10.0. The minimum atomic E-state index is -0.400. The van der Waals surface area contributed by atoms with Crippen molar-refractivity contribution in [3.63, 3.8) is 0 Å².